The van der Waals surface area contributed by atoms with Crippen LogP contribution in [0.3, 0.4) is 0 Å². The molecule has 0 unspecified atom stereocenters. The highest BCUT2D eigenvalue weighted by Gasteiger charge is 2.40. The van der Waals surface area contributed by atoms with Crippen LogP contribution in [-0.4, -0.2) is 57.9 Å². The molecule has 2 aromatic carbocycles. The number of aromatic nitrogens is 1. The first kappa shape index (κ1) is 20.3. The molecular weight excluding hydrogens is 419 g/mol. The molecular formula is C22H19FN4O5. The quantitative estimate of drug-likeness (QED) is 0.341. The van der Waals surface area contributed by atoms with Crippen molar-refractivity contribution in [2.75, 3.05) is 26.2 Å². The minimum atomic E-state index is -0.639. The fourth-order valence-corrected chi connectivity index (χ4v) is 4.57. The van der Waals surface area contributed by atoms with Crippen LogP contribution in [0.25, 0.3) is 11.0 Å². The number of likely N-dealkylation sites (tertiary alicyclic amines) is 1. The number of hydrogen-bond acceptors (Lipinski definition) is 7. The zero-order valence-electron chi connectivity index (χ0n) is 17.0. The van der Waals surface area contributed by atoms with E-state index in [1.54, 1.807) is 6.07 Å². The first-order chi connectivity index (χ1) is 15.4. The van der Waals surface area contributed by atoms with Gasteiger partial charge in [-0.15, -0.1) is 0 Å². The Hall–Kier alpha value is -3.66. The van der Waals surface area contributed by atoms with Gasteiger partial charge in [0, 0.05) is 36.5 Å². The fraction of sp³-hybridized carbons (Fsp3) is 0.318. The van der Waals surface area contributed by atoms with Crippen molar-refractivity contribution in [2.45, 2.75) is 18.8 Å². The summed E-state index contributed by atoms with van der Waals surface area (Å²) in [6.07, 6.45) is 1.62. The highest BCUT2D eigenvalue weighted by atomic mass is 19.1. The summed E-state index contributed by atoms with van der Waals surface area (Å²) in [5.41, 5.74) is 0.867. The highest BCUT2D eigenvalue weighted by Crippen LogP contribution is 2.33. The van der Waals surface area contributed by atoms with Gasteiger partial charge in [0.15, 0.2) is 5.58 Å². The molecule has 3 heterocycles. The van der Waals surface area contributed by atoms with Gasteiger partial charge in [0.25, 0.3) is 17.5 Å². The largest absolute Gasteiger partial charge is 0.356 e. The van der Waals surface area contributed by atoms with E-state index in [2.05, 4.69) is 10.1 Å². The molecule has 2 aliphatic rings. The average molecular weight is 438 g/mol. The first-order valence-electron chi connectivity index (χ1n) is 10.3. The van der Waals surface area contributed by atoms with Gasteiger partial charge in [-0.1, -0.05) is 11.2 Å². The minimum Gasteiger partial charge on any atom is -0.356 e. The number of hydrogen-bond donors (Lipinski definition) is 0. The summed E-state index contributed by atoms with van der Waals surface area (Å²) in [5.74, 6) is -1.30. The Morgan fingerprint density at radius 1 is 1.12 bits per heavy atom. The molecule has 0 bridgehead atoms. The minimum absolute atomic E-state index is 0.0808. The summed E-state index contributed by atoms with van der Waals surface area (Å²) in [4.78, 5) is 39.2. The van der Waals surface area contributed by atoms with E-state index in [1.807, 2.05) is 0 Å². The van der Waals surface area contributed by atoms with Crippen molar-refractivity contribution in [3.63, 3.8) is 0 Å². The topological polar surface area (TPSA) is 110 Å². The van der Waals surface area contributed by atoms with Crippen LogP contribution in [0.2, 0.25) is 0 Å². The second kappa shape index (κ2) is 7.79. The van der Waals surface area contributed by atoms with Crippen molar-refractivity contribution in [1.82, 2.24) is 15.0 Å². The molecule has 0 radical (unpaired) electrons. The molecule has 5 rings (SSSR count). The third kappa shape index (κ3) is 3.32. The zero-order valence-corrected chi connectivity index (χ0v) is 17.0. The van der Waals surface area contributed by atoms with Crippen LogP contribution in [0, 0.1) is 15.9 Å². The van der Waals surface area contributed by atoms with Gasteiger partial charge in [-0.25, -0.2) is 4.39 Å². The van der Waals surface area contributed by atoms with E-state index in [-0.39, 0.29) is 35.1 Å². The number of halogens is 1. The lowest BCUT2D eigenvalue weighted by Crippen LogP contribution is -2.41. The molecule has 1 fully saturated rings. The number of benzene rings is 2. The molecule has 2 amide bonds. The van der Waals surface area contributed by atoms with Gasteiger partial charge in [-0.3, -0.25) is 24.6 Å². The Kier molecular flexibility index (Phi) is 4.93. The van der Waals surface area contributed by atoms with Gasteiger partial charge in [0.1, 0.15) is 11.4 Å². The van der Waals surface area contributed by atoms with Crippen LogP contribution in [0.15, 0.2) is 40.9 Å². The number of nitro benzene ring substituents is 1. The molecule has 0 aliphatic carbocycles. The van der Waals surface area contributed by atoms with Crippen LogP contribution < -0.4 is 0 Å². The summed E-state index contributed by atoms with van der Waals surface area (Å²) in [7, 11) is 0. The molecule has 10 heteroatoms. The number of rotatable bonds is 5. The van der Waals surface area contributed by atoms with E-state index in [0.29, 0.717) is 12.1 Å². The number of amides is 2. The molecule has 164 valence electrons. The summed E-state index contributed by atoms with van der Waals surface area (Å²) in [5, 5.41) is 16.2. The SMILES string of the molecule is O=C1c2cccc([N+](=O)[O-])c2C(=O)N1CCN1CCC(c2noc3cc(F)ccc23)CC1. The maximum atomic E-state index is 13.4. The molecule has 9 nitrogen and oxygen atoms in total. The smallest absolute Gasteiger partial charge is 0.282 e. The predicted octanol–water partition coefficient (Wildman–Crippen LogP) is 3.35. The molecule has 0 spiro atoms. The number of nitro groups is 1. The van der Waals surface area contributed by atoms with Crippen LogP contribution in [-0.2, 0) is 0 Å². The molecule has 1 aromatic heterocycles. The summed E-state index contributed by atoms with van der Waals surface area (Å²) in [6, 6.07) is 8.50. The number of imide groups is 1. The number of piperidine rings is 1. The van der Waals surface area contributed by atoms with Crippen LogP contribution in [0.1, 0.15) is 45.2 Å². The zero-order chi connectivity index (χ0) is 22.4. The molecule has 3 aromatic rings. The Bertz CT molecular complexity index is 1250. The molecule has 0 N–H and O–H groups in total. The molecule has 0 atom stereocenters. The number of carbonyl (C=O) groups excluding carboxylic acids is 2. The Morgan fingerprint density at radius 2 is 1.91 bits per heavy atom. The summed E-state index contributed by atoms with van der Waals surface area (Å²) >= 11 is 0. The Labute approximate surface area is 181 Å². The van der Waals surface area contributed by atoms with Crippen LogP contribution in [0.4, 0.5) is 10.1 Å². The maximum absolute atomic E-state index is 13.4. The fourth-order valence-electron chi connectivity index (χ4n) is 4.57. The number of nitrogens with zero attached hydrogens (tertiary/aromatic N) is 4. The maximum Gasteiger partial charge on any atom is 0.282 e. The van der Waals surface area contributed by atoms with Crippen molar-refractivity contribution in [3.8, 4) is 0 Å². The van der Waals surface area contributed by atoms with Gasteiger partial charge in [0.05, 0.1) is 16.2 Å². The average Bonchev–Trinajstić information content (AvgIpc) is 3.31. The van der Waals surface area contributed by atoms with Gasteiger partial charge in [-0.05, 0) is 44.1 Å². The third-order valence-electron chi connectivity index (χ3n) is 6.25. The van der Waals surface area contributed by atoms with E-state index in [4.69, 9.17) is 4.52 Å². The van der Waals surface area contributed by atoms with Crippen LogP contribution >= 0.6 is 0 Å². The monoisotopic (exact) mass is 438 g/mol. The van der Waals surface area contributed by atoms with Crippen molar-refractivity contribution in [1.29, 1.82) is 0 Å². The van der Waals surface area contributed by atoms with Gasteiger partial charge in [-0.2, -0.15) is 0 Å². The number of fused-ring (bicyclic) bond motifs is 2. The van der Waals surface area contributed by atoms with Crippen LogP contribution in [0.5, 0.6) is 0 Å². The van der Waals surface area contributed by atoms with Gasteiger partial charge >= 0.3 is 0 Å². The standard InChI is InChI=1S/C22H19FN4O5/c23-14-4-5-15-18(12-14)32-24-20(15)13-6-8-25(9-7-13)10-11-26-21(28)16-2-1-3-17(27(30)31)19(16)22(26)29/h1-5,12-13H,6-11H2. The predicted molar refractivity (Wildman–Crippen MR) is 111 cm³/mol. The second-order valence-corrected chi connectivity index (χ2v) is 8.04. The first-order valence-corrected chi connectivity index (χ1v) is 10.3. The van der Waals surface area contributed by atoms with E-state index >= 15 is 0 Å². The lowest BCUT2D eigenvalue weighted by molar-refractivity contribution is -0.385. The van der Waals surface area contributed by atoms with E-state index in [1.165, 1.54) is 30.3 Å². The normalized spacial score (nSPS) is 17.3. The van der Waals surface area contributed by atoms with Crippen molar-refractivity contribution in [2.24, 2.45) is 0 Å². The van der Waals surface area contributed by atoms with E-state index < -0.39 is 16.7 Å². The van der Waals surface area contributed by atoms with E-state index in [0.717, 1.165) is 41.9 Å². The molecule has 0 saturated carbocycles. The van der Waals surface area contributed by atoms with E-state index in [9.17, 15) is 24.1 Å². The number of carbonyl (C=O) groups is 2. The molecule has 32 heavy (non-hydrogen) atoms. The van der Waals surface area contributed by atoms with Gasteiger partial charge in [0.2, 0.25) is 0 Å². The lowest BCUT2D eigenvalue weighted by atomic mass is 9.91. The third-order valence-corrected chi connectivity index (χ3v) is 6.25. The Morgan fingerprint density at radius 3 is 2.66 bits per heavy atom. The van der Waals surface area contributed by atoms with Gasteiger partial charge < -0.3 is 9.42 Å². The van der Waals surface area contributed by atoms with Crippen molar-refractivity contribution in [3.05, 3.63) is 69.2 Å². The molecule has 2 aliphatic heterocycles. The Balaban J connectivity index is 1.22. The highest BCUT2D eigenvalue weighted by molar-refractivity contribution is 6.23. The summed E-state index contributed by atoms with van der Waals surface area (Å²) in [6.45, 7) is 2.13. The van der Waals surface area contributed by atoms with Crippen molar-refractivity contribution >= 4 is 28.5 Å². The summed E-state index contributed by atoms with van der Waals surface area (Å²) < 4.78 is 18.6. The second-order valence-electron chi connectivity index (χ2n) is 8.04. The van der Waals surface area contributed by atoms with Crippen molar-refractivity contribution < 1.29 is 23.4 Å². The molecule has 1 saturated heterocycles. The lowest BCUT2D eigenvalue weighted by Gasteiger charge is -2.32.